The molecule has 118 valence electrons. The van der Waals surface area contributed by atoms with Crippen molar-refractivity contribution in [1.29, 1.82) is 0 Å². The predicted octanol–water partition coefficient (Wildman–Crippen LogP) is 4.07. The third-order valence-electron chi connectivity index (χ3n) is 4.29. The Hall–Kier alpha value is -0.570. The van der Waals surface area contributed by atoms with Gasteiger partial charge in [-0.2, -0.15) is 0 Å². The fourth-order valence-corrected chi connectivity index (χ4v) is 3.05. The second-order valence-electron chi connectivity index (χ2n) is 6.20. The number of hydrogen-bond donors (Lipinski definition) is 1. The van der Waals surface area contributed by atoms with Crippen LogP contribution in [0.1, 0.15) is 85.0 Å². The number of amides is 1. The van der Waals surface area contributed by atoms with E-state index in [0.29, 0.717) is 5.91 Å². The molecule has 0 aliphatic carbocycles. The van der Waals surface area contributed by atoms with Gasteiger partial charge in [-0.3, -0.25) is 10.1 Å². The summed E-state index contributed by atoms with van der Waals surface area (Å²) in [6, 6.07) is 0.0144. The lowest BCUT2D eigenvalue weighted by Crippen LogP contribution is -2.37. The van der Waals surface area contributed by atoms with Crippen LogP contribution >= 0.6 is 0 Å². The molecule has 2 atom stereocenters. The lowest BCUT2D eigenvalue weighted by molar-refractivity contribution is -0.129. The SMILES string of the molecule is CCCCCCCCCCN1C(=O)C(C)NC1CCC. The Bertz CT molecular complexity index is 268. The molecule has 20 heavy (non-hydrogen) atoms. The molecule has 0 aromatic heterocycles. The average Bonchev–Trinajstić information content (AvgIpc) is 2.69. The summed E-state index contributed by atoms with van der Waals surface area (Å²) in [6.45, 7) is 7.37. The first-order chi connectivity index (χ1) is 9.70. The zero-order valence-electron chi connectivity index (χ0n) is 13.8. The van der Waals surface area contributed by atoms with E-state index in [1.54, 1.807) is 0 Å². The van der Waals surface area contributed by atoms with Gasteiger partial charge in [0.25, 0.3) is 0 Å². The molecule has 0 bridgehead atoms. The summed E-state index contributed by atoms with van der Waals surface area (Å²) in [5.74, 6) is 0.298. The molecule has 1 saturated heterocycles. The highest BCUT2D eigenvalue weighted by atomic mass is 16.2. The Morgan fingerprint density at radius 1 is 0.950 bits per heavy atom. The van der Waals surface area contributed by atoms with E-state index >= 15 is 0 Å². The van der Waals surface area contributed by atoms with E-state index in [1.165, 1.54) is 44.9 Å². The van der Waals surface area contributed by atoms with E-state index < -0.39 is 0 Å². The van der Waals surface area contributed by atoms with Crippen molar-refractivity contribution >= 4 is 5.91 Å². The third-order valence-corrected chi connectivity index (χ3v) is 4.29. The van der Waals surface area contributed by atoms with Gasteiger partial charge in [-0.15, -0.1) is 0 Å². The Kier molecular flexibility index (Phi) is 8.92. The van der Waals surface area contributed by atoms with Crippen molar-refractivity contribution in [3.05, 3.63) is 0 Å². The van der Waals surface area contributed by atoms with Gasteiger partial charge in [-0.1, -0.05) is 65.2 Å². The molecule has 3 heteroatoms. The number of nitrogens with one attached hydrogen (secondary N) is 1. The molecule has 1 heterocycles. The van der Waals surface area contributed by atoms with E-state index in [0.717, 1.165) is 25.8 Å². The van der Waals surface area contributed by atoms with Gasteiger partial charge >= 0.3 is 0 Å². The minimum absolute atomic E-state index is 0.0144. The van der Waals surface area contributed by atoms with Crippen LogP contribution in [0.15, 0.2) is 0 Å². The first-order valence-electron chi connectivity index (χ1n) is 8.77. The van der Waals surface area contributed by atoms with E-state index in [2.05, 4.69) is 24.1 Å². The number of hydrogen-bond acceptors (Lipinski definition) is 2. The molecular formula is C17H34N2O. The van der Waals surface area contributed by atoms with Crippen molar-refractivity contribution in [3.8, 4) is 0 Å². The van der Waals surface area contributed by atoms with Crippen LogP contribution in [0.4, 0.5) is 0 Å². The first kappa shape index (κ1) is 17.5. The summed E-state index contributed by atoms with van der Waals surface area (Å²) in [4.78, 5) is 14.2. The molecule has 1 fully saturated rings. The standard InChI is InChI=1S/C17H34N2O/c1-4-6-7-8-9-10-11-12-14-19-16(13-5-2)18-15(3)17(19)20/h15-16,18H,4-14H2,1-3H3. The Labute approximate surface area is 125 Å². The molecule has 0 radical (unpaired) electrons. The second kappa shape index (κ2) is 10.2. The largest absolute Gasteiger partial charge is 0.326 e. The van der Waals surface area contributed by atoms with Crippen molar-refractivity contribution in [1.82, 2.24) is 10.2 Å². The molecule has 2 unspecified atom stereocenters. The Morgan fingerprint density at radius 2 is 1.55 bits per heavy atom. The fourth-order valence-electron chi connectivity index (χ4n) is 3.05. The van der Waals surface area contributed by atoms with Crippen molar-refractivity contribution in [3.63, 3.8) is 0 Å². The Morgan fingerprint density at radius 3 is 2.15 bits per heavy atom. The second-order valence-corrected chi connectivity index (χ2v) is 6.20. The molecular weight excluding hydrogens is 248 g/mol. The maximum atomic E-state index is 12.1. The molecule has 0 saturated carbocycles. The summed E-state index contributed by atoms with van der Waals surface area (Å²) in [5, 5.41) is 3.41. The van der Waals surface area contributed by atoms with Crippen LogP contribution in [-0.4, -0.2) is 29.6 Å². The van der Waals surface area contributed by atoms with Crippen LogP contribution in [0, 0.1) is 0 Å². The maximum Gasteiger partial charge on any atom is 0.240 e. The van der Waals surface area contributed by atoms with Crippen LogP contribution < -0.4 is 5.32 Å². The molecule has 3 nitrogen and oxygen atoms in total. The molecule has 1 N–H and O–H groups in total. The van der Waals surface area contributed by atoms with Crippen molar-refractivity contribution in [2.45, 2.75) is 97.2 Å². The Balaban J connectivity index is 2.11. The molecule has 0 spiro atoms. The number of unbranched alkanes of at least 4 members (excludes halogenated alkanes) is 7. The highest BCUT2D eigenvalue weighted by molar-refractivity contribution is 5.83. The van der Waals surface area contributed by atoms with Crippen LogP contribution in [0.5, 0.6) is 0 Å². The number of carbonyl (C=O) groups is 1. The van der Waals surface area contributed by atoms with Gasteiger partial charge < -0.3 is 4.90 Å². The third kappa shape index (κ3) is 5.82. The lowest BCUT2D eigenvalue weighted by atomic mass is 10.1. The van der Waals surface area contributed by atoms with Crippen LogP contribution in [0.2, 0.25) is 0 Å². The number of nitrogens with zero attached hydrogens (tertiary/aromatic N) is 1. The topological polar surface area (TPSA) is 32.3 Å². The normalized spacial score (nSPS) is 22.8. The van der Waals surface area contributed by atoms with Gasteiger partial charge in [0.15, 0.2) is 0 Å². The molecule has 0 aromatic rings. The first-order valence-corrected chi connectivity index (χ1v) is 8.77. The van der Waals surface area contributed by atoms with Crippen molar-refractivity contribution in [2.75, 3.05) is 6.54 Å². The van der Waals surface area contributed by atoms with E-state index in [4.69, 9.17) is 0 Å². The van der Waals surface area contributed by atoms with E-state index in [9.17, 15) is 4.79 Å². The summed E-state index contributed by atoms with van der Waals surface area (Å²) in [7, 11) is 0. The van der Waals surface area contributed by atoms with Gasteiger partial charge in [0.2, 0.25) is 5.91 Å². The zero-order valence-corrected chi connectivity index (χ0v) is 13.8. The van der Waals surface area contributed by atoms with Crippen LogP contribution in [-0.2, 0) is 4.79 Å². The molecule has 1 aliphatic rings. The number of carbonyl (C=O) groups excluding carboxylic acids is 1. The monoisotopic (exact) mass is 282 g/mol. The van der Waals surface area contributed by atoms with Gasteiger partial charge in [0.05, 0.1) is 12.2 Å². The van der Waals surface area contributed by atoms with Gasteiger partial charge in [0, 0.05) is 6.54 Å². The molecule has 0 aromatic carbocycles. The number of rotatable bonds is 11. The average molecular weight is 282 g/mol. The van der Waals surface area contributed by atoms with Crippen LogP contribution in [0.3, 0.4) is 0 Å². The smallest absolute Gasteiger partial charge is 0.240 e. The minimum atomic E-state index is 0.0144. The minimum Gasteiger partial charge on any atom is -0.326 e. The molecule has 1 aliphatic heterocycles. The summed E-state index contributed by atoms with van der Waals surface area (Å²) in [6.07, 6.45) is 13.1. The summed E-state index contributed by atoms with van der Waals surface area (Å²) in [5.41, 5.74) is 0. The predicted molar refractivity (Wildman–Crippen MR) is 85.6 cm³/mol. The highest BCUT2D eigenvalue weighted by Crippen LogP contribution is 2.16. The van der Waals surface area contributed by atoms with Gasteiger partial charge in [-0.05, 0) is 19.8 Å². The maximum absolute atomic E-state index is 12.1. The quantitative estimate of drug-likeness (QED) is 0.579. The van der Waals surface area contributed by atoms with Crippen LogP contribution in [0.25, 0.3) is 0 Å². The van der Waals surface area contributed by atoms with Gasteiger partial charge in [0.1, 0.15) is 0 Å². The summed E-state index contributed by atoms with van der Waals surface area (Å²) < 4.78 is 0. The lowest BCUT2D eigenvalue weighted by Gasteiger charge is -2.23. The van der Waals surface area contributed by atoms with E-state index in [1.807, 2.05) is 6.92 Å². The highest BCUT2D eigenvalue weighted by Gasteiger charge is 2.34. The van der Waals surface area contributed by atoms with Crippen molar-refractivity contribution in [2.24, 2.45) is 0 Å². The van der Waals surface area contributed by atoms with Crippen molar-refractivity contribution < 1.29 is 4.79 Å². The molecule has 1 amide bonds. The molecule has 1 rings (SSSR count). The van der Waals surface area contributed by atoms with Gasteiger partial charge in [-0.25, -0.2) is 0 Å². The van der Waals surface area contributed by atoms with E-state index in [-0.39, 0.29) is 12.2 Å². The zero-order chi connectivity index (χ0) is 14.8. The summed E-state index contributed by atoms with van der Waals surface area (Å²) >= 11 is 0. The fraction of sp³-hybridized carbons (Fsp3) is 0.941.